The van der Waals surface area contributed by atoms with Crippen molar-refractivity contribution in [1.29, 1.82) is 0 Å². The number of nitrogens with zero attached hydrogens (tertiary/aromatic N) is 2. The predicted molar refractivity (Wildman–Crippen MR) is 74.3 cm³/mol. The van der Waals surface area contributed by atoms with Crippen molar-refractivity contribution < 1.29 is 17.9 Å². The van der Waals surface area contributed by atoms with Crippen molar-refractivity contribution in [2.24, 2.45) is 0 Å². The Kier molecular flexibility index (Phi) is 4.22. The van der Waals surface area contributed by atoms with Crippen molar-refractivity contribution in [2.75, 3.05) is 11.3 Å². The highest BCUT2D eigenvalue weighted by molar-refractivity contribution is 7.92. The lowest BCUT2D eigenvalue weighted by molar-refractivity contribution is 0.0512. The van der Waals surface area contributed by atoms with E-state index in [1.165, 1.54) is 12.1 Å². The van der Waals surface area contributed by atoms with Crippen LogP contribution in [-0.4, -0.2) is 36.2 Å². The molecule has 0 saturated heterocycles. The summed E-state index contributed by atoms with van der Waals surface area (Å²) in [6, 6.07) is 6.29. The average molecular weight is 310 g/mol. The van der Waals surface area contributed by atoms with Gasteiger partial charge in [-0.2, -0.15) is 4.98 Å². The first-order valence-corrected chi connectivity index (χ1v) is 7.59. The monoisotopic (exact) mass is 310 g/mol. The first kappa shape index (κ1) is 15.0. The predicted octanol–water partition coefficient (Wildman–Crippen LogP) is 1.09. The summed E-state index contributed by atoms with van der Waals surface area (Å²) in [5.41, 5.74) is 0.941. The number of carbonyl (C=O) groups excluding carboxylic acids is 1. The van der Waals surface area contributed by atoms with Crippen LogP contribution in [0, 0.1) is 6.92 Å². The summed E-state index contributed by atoms with van der Waals surface area (Å²) in [5, 5.41) is 5.93. The van der Waals surface area contributed by atoms with Gasteiger partial charge in [0.05, 0.1) is 11.5 Å². The van der Waals surface area contributed by atoms with Crippen LogP contribution in [0.25, 0.3) is 0 Å². The molecule has 2 N–H and O–H groups in total. The van der Waals surface area contributed by atoms with E-state index in [0.29, 0.717) is 0 Å². The van der Waals surface area contributed by atoms with Crippen molar-refractivity contribution in [2.45, 2.75) is 18.7 Å². The lowest BCUT2D eigenvalue weighted by atomic mass is 10.2. The Morgan fingerprint density at radius 2 is 2.00 bits per heavy atom. The molecule has 0 aliphatic carbocycles. The smallest absolute Gasteiger partial charge is 0.375 e. The number of rotatable bonds is 5. The molecule has 0 spiro atoms. The van der Waals surface area contributed by atoms with Gasteiger partial charge in [-0.25, -0.2) is 17.9 Å². The zero-order chi connectivity index (χ0) is 15.5. The van der Waals surface area contributed by atoms with E-state index in [1.807, 2.05) is 6.92 Å². The molecule has 1 aromatic carbocycles. The first-order chi connectivity index (χ1) is 9.92. The number of hydrogen-bond donors (Lipinski definition) is 2. The van der Waals surface area contributed by atoms with Gasteiger partial charge in [-0.05, 0) is 26.0 Å². The number of aryl methyl sites for hydroxylation is 1. The molecular formula is C12H14N4O4S. The van der Waals surface area contributed by atoms with E-state index in [4.69, 9.17) is 4.74 Å². The van der Waals surface area contributed by atoms with Gasteiger partial charge in [-0.1, -0.05) is 17.7 Å². The molecule has 2 aromatic rings. The second-order valence-electron chi connectivity index (χ2n) is 4.15. The Balaban J connectivity index is 2.17. The second-order valence-corrected chi connectivity index (χ2v) is 5.83. The van der Waals surface area contributed by atoms with Gasteiger partial charge in [0.1, 0.15) is 0 Å². The minimum Gasteiger partial charge on any atom is -0.460 e. The van der Waals surface area contributed by atoms with E-state index in [-0.39, 0.29) is 23.3 Å². The fourth-order valence-electron chi connectivity index (χ4n) is 1.49. The minimum absolute atomic E-state index is 0.0792. The standard InChI is InChI=1S/C12H14N4O4S/c1-3-20-11(17)10-13-12(15-14-10)16-21(18,19)9-6-4-8(2)5-7-9/h4-7H,3H2,1-2H3,(H2,13,14,15,16). The third-order valence-corrected chi connectivity index (χ3v) is 3.86. The third kappa shape index (κ3) is 3.57. The van der Waals surface area contributed by atoms with Crippen LogP contribution in [-0.2, 0) is 14.8 Å². The topological polar surface area (TPSA) is 114 Å². The minimum atomic E-state index is -3.80. The maximum absolute atomic E-state index is 12.1. The van der Waals surface area contributed by atoms with Crippen molar-refractivity contribution in [1.82, 2.24) is 15.2 Å². The van der Waals surface area contributed by atoms with Crippen LogP contribution in [0.4, 0.5) is 5.95 Å². The van der Waals surface area contributed by atoms with Crippen LogP contribution >= 0.6 is 0 Å². The molecule has 9 heteroatoms. The molecular weight excluding hydrogens is 296 g/mol. The number of anilines is 1. The number of nitrogens with one attached hydrogen (secondary N) is 2. The number of aromatic nitrogens is 3. The van der Waals surface area contributed by atoms with Crippen LogP contribution in [0.5, 0.6) is 0 Å². The maximum atomic E-state index is 12.1. The van der Waals surface area contributed by atoms with Crippen LogP contribution in [0.15, 0.2) is 29.2 Å². The molecule has 0 radical (unpaired) electrons. The highest BCUT2D eigenvalue weighted by atomic mass is 32.2. The van der Waals surface area contributed by atoms with Crippen LogP contribution in [0.3, 0.4) is 0 Å². The molecule has 0 bridgehead atoms. The Morgan fingerprint density at radius 3 is 2.62 bits per heavy atom. The average Bonchev–Trinajstić information content (AvgIpc) is 2.87. The summed E-state index contributed by atoms with van der Waals surface area (Å²) in [6.45, 7) is 3.68. The molecule has 21 heavy (non-hydrogen) atoms. The number of esters is 1. The normalized spacial score (nSPS) is 11.1. The van der Waals surface area contributed by atoms with E-state index in [9.17, 15) is 13.2 Å². The lowest BCUT2D eigenvalue weighted by Gasteiger charge is -2.04. The van der Waals surface area contributed by atoms with E-state index in [0.717, 1.165) is 5.56 Å². The molecule has 0 aliphatic rings. The molecule has 2 rings (SSSR count). The summed E-state index contributed by atoms with van der Waals surface area (Å²) < 4.78 is 31.1. The van der Waals surface area contributed by atoms with Crippen molar-refractivity contribution >= 4 is 21.9 Å². The van der Waals surface area contributed by atoms with E-state index < -0.39 is 16.0 Å². The maximum Gasteiger partial charge on any atom is 0.375 e. The first-order valence-electron chi connectivity index (χ1n) is 6.11. The number of benzene rings is 1. The van der Waals surface area contributed by atoms with Crippen LogP contribution < -0.4 is 4.72 Å². The number of carbonyl (C=O) groups is 1. The van der Waals surface area contributed by atoms with E-state index in [1.54, 1.807) is 19.1 Å². The molecule has 1 heterocycles. The molecule has 112 valence electrons. The van der Waals surface area contributed by atoms with Crippen LogP contribution in [0.1, 0.15) is 23.1 Å². The van der Waals surface area contributed by atoms with E-state index >= 15 is 0 Å². The molecule has 8 nitrogen and oxygen atoms in total. The molecule has 0 unspecified atom stereocenters. The lowest BCUT2D eigenvalue weighted by Crippen LogP contribution is -2.14. The molecule has 0 atom stereocenters. The number of aromatic amines is 1. The third-order valence-electron chi connectivity index (χ3n) is 2.51. The molecule has 0 fully saturated rings. The number of hydrogen-bond acceptors (Lipinski definition) is 6. The molecule has 0 amide bonds. The second kappa shape index (κ2) is 5.92. The summed E-state index contributed by atoms with van der Waals surface area (Å²) in [7, 11) is -3.80. The Bertz CT molecular complexity index is 737. The summed E-state index contributed by atoms with van der Waals surface area (Å²) in [6.07, 6.45) is 0. The van der Waals surface area contributed by atoms with Crippen molar-refractivity contribution in [3.63, 3.8) is 0 Å². The summed E-state index contributed by atoms with van der Waals surface area (Å²) >= 11 is 0. The van der Waals surface area contributed by atoms with Crippen molar-refractivity contribution in [3.8, 4) is 0 Å². The molecule has 0 aliphatic heterocycles. The van der Waals surface area contributed by atoms with Gasteiger partial charge >= 0.3 is 5.97 Å². The van der Waals surface area contributed by atoms with Gasteiger partial charge in [0.2, 0.25) is 5.82 Å². The van der Waals surface area contributed by atoms with Crippen molar-refractivity contribution in [3.05, 3.63) is 35.7 Å². The van der Waals surface area contributed by atoms with E-state index in [2.05, 4.69) is 19.9 Å². The number of ether oxygens (including phenoxy) is 1. The fourth-order valence-corrected chi connectivity index (χ4v) is 2.44. The highest BCUT2D eigenvalue weighted by Gasteiger charge is 2.18. The Hall–Kier alpha value is -2.42. The highest BCUT2D eigenvalue weighted by Crippen LogP contribution is 2.13. The van der Waals surface area contributed by atoms with Gasteiger partial charge in [-0.3, -0.25) is 5.10 Å². The Labute approximate surface area is 121 Å². The summed E-state index contributed by atoms with van der Waals surface area (Å²) in [5.74, 6) is -1.09. The number of H-pyrrole nitrogens is 1. The quantitative estimate of drug-likeness (QED) is 0.799. The number of sulfonamides is 1. The zero-order valence-corrected chi connectivity index (χ0v) is 12.3. The zero-order valence-electron chi connectivity index (χ0n) is 11.5. The van der Waals surface area contributed by atoms with Crippen LogP contribution in [0.2, 0.25) is 0 Å². The molecule has 0 saturated carbocycles. The van der Waals surface area contributed by atoms with Gasteiger partial charge in [0, 0.05) is 0 Å². The van der Waals surface area contributed by atoms with Gasteiger partial charge in [0.15, 0.2) is 0 Å². The largest absolute Gasteiger partial charge is 0.460 e. The Morgan fingerprint density at radius 1 is 1.33 bits per heavy atom. The fraction of sp³-hybridized carbons (Fsp3) is 0.250. The van der Waals surface area contributed by atoms with Gasteiger partial charge in [-0.15, -0.1) is 5.10 Å². The van der Waals surface area contributed by atoms with Gasteiger partial charge in [0.25, 0.3) is 16.0 Å². The summed E-state index contributed by atoms with van der Waals surface area (Å²) in [4.78, 5) is 15.2. The molecule has 1 aromatic heterocycles. The SMILES string of the molecule is CCOC(=O)c1nc(NS(=O)(=O)c2ccc(C)cc2)n[nH]1. The van der Waals surface area contributed by atoms with Gasteiger partial charge < -0.3 is 4.74 Å².